The van der Waals surface area contributed by atoms with Crippen LogP contribution in [0.15, 0.2) is 42.5 Å². The van der Waals surface area contributed by atoms with Crippen LogP contribution < -0.4 is 5.32 Å². The average molecular weight is 284 g/mol. The van der Waals surface area contributed by atoms with E-state index in [-0.39, 0.29) is 5.91 Å². The topological polar surface area (TPSA) is 58.1 Å². The molecule has 0 saturated carbocycles. The minimum absolute atomic E-state index is 0.131. The van der Waals surface area contributed by atoms with Crippen molar-refractivity contribution in [3.05, 3.63) is 53.7 Å². The number of carbonyl (C=O) groups excluding carboxylic acids is 1. The molecule has 1 N–H and O–H groups in total. The summed E-state index contributed by atoms with van der Waals surface area (Å²) in [4.78, 5) is 13.9. The summed E-state index contributed by atoms with van der Waals surface area (Å²) in [6.45, 7) is 3.48. The molecule has 110 valence electrons. The second kappa shape index (κ2) is 7.38. The number of nitrogens with zero attached hydrogens (tertiary/aromatic N) is 3. The normalized spacial score (nSPS) is 10.2. The van der Waals surface area contributed by atoms with Gasteiger partial charge in [0.05, 0.1) is 0 Å². The lowest BCUT2D eigenvalue weighted by molar-refractivity contribution is 0.0778. The van der Waals surface area contributed by atoms with Crippen molar-refractivity contribution in [3.8, 4) is 0 Å². The van der Waals surface area contributed by atoms with E-state index in [0.29, 0.717) is 18.1 Å². The predicted octanol–water partition coefficient (Wildman–Crippen LogP) is 2.57. The molecule has 0 fully saturated rings. The fourth-order valence-corrected chi connectivity index (χ4v) is 1.92. The number of carbonyl (C=O) groups is 1. The van der Waals surface area contributed by atoms with E-state index in [1.807, 2.05) is 30.3 Å². The van der Waals surface area contributed by atoms with Crippen molar-refractivity contribution in [1.29, 1.82) is 0 Å². The van der Waals surface area contributed by atoms with Crippen molar-refractivity contribution in [2.24, 2.45) is 0 Å². The molecule has 0 aliphatic rings. The Morgan fingerprint density at radius 3 is 2.52 bits per heavy atom. The zero-order chi connectivity index (χ0) is 15.1. The lowest BCUT2D eigenvalue weighted by Crippen LogP contribution is -2.27. The molecule has 2 rings (SSSR count). The summed E-state index contributed by atoms with van der Waals surface area (Å²) in [6.07, 6.45) is 1.02. The van der Waals surface area contributed by atoms with Gasteiger partial charge in [-0.15, -0.1) is 10.2 Å². The Hall–Kier alpha value is -2.43. The molecule has 21 heavy (non-hydrogen) atoms. The molecule has 0 aliphatic carbocycles. The minimum atomic E-state index is -0.131. The van der Waals surface area contributed by atoms with Crippen molar-refractivity contribution in [2.75, 3.05) is 18.9 Å². The predicted molar refractivity (Wildman–Crippen MR) is 83.1 cm³/mol. The van der Waals surface area contributed by atoms with Gasteiger partial charge in [0, 0.05) is 20.1 Å². The van der Waals surface area contributed by atoms with Gasteiger partial charge in [-0.2, -0.15) is 0 Å². The van der Waals surface area contributed by atoms with Crippen LogP contribution >= 0.6 is 0 Å². The van der Waals surface area contributed by atoms with Crippen molar-refractivity contribution in [2.45, 2.75) is 19.9 Å². The Labute approximate surface area is 125 Å². The van der Waals surface area contributed by atoms with Gasteiger partial charge in [0.15, 0.2) is 5.69 Å². The molecule has 1 amide bonds. The van der Waals surface area contributed by atoms with Gasteiger partial charge < -0.3 is 10.2 Å². The molecule has 1 aromatic heterocycles. The third-order valence-corrected chi connectivity index (χ3v) is 3.05. The quantitative estimate of drug-likeness (QED) is 0.885. The highest BCUT2D eigenvalue weighted by molar-refractivity contribution is 5.92. The van der Waals surface area contributed by atoms with Gasteiger partial charge >= 0.3 is 0 Å². The van der Waals surface area contributed by atoms with Gasteiger partial charge in [-0.05, 0) is 24.1 Å². The molecule has 2 aromatic rings. The van der Waals surface area contributed by atoms with Crippen LogP contribution in [0.2, 0.25) is 0 Å². The second-order valence-electron chi connectivity index (χ2n) is 4.88. The van der Waals surface area contributed by atoms with Crippen LogP contribution in [0.1, 0.15) is 29.4 Å². The molecule has 0 spiro atoms. The standard InChI is InChI=1S/C16H20N4O/c1-3-11-17-15-10-9-14(18-19-15)16(21)20(2)12-13-7-5-4-6-8-13/h4-10H,3,11-12H2,1-2H3,(H,17,19). The van der Waals surface area contributed by atoms with E-state index in [4.69, 9.17) is 0 Å². The number of hydrogen-bond donors (Lipinski definition) is 1. The van der Waals surface area contributed by atoms with E-state index in [9.17, 15) is 4.79 Å². The van der Waals surface area contributed by atoms with Crippen molar-refractivity contribution < 1.29 is 4.79 Å². The number of hydrogen-bond acceptors (Lipinski definition) is 4. The molecule has 0 unspecified atom stereocenters. The molecule has 5 heteroatoms. The smallest absolute Gasteiger partial charge is 0.274 e. The van der Waals surface area contributed by atoms with E-state index in [2.05, 4.69) is 22.4 Å². The lowest BCUT2D eigenvalue weighted by atomic mass is 10.2. The minimum Gasteiger partial charge on any atom is -0.369 e. The van der Waals surface area contributed by atoms with Crippen LogP contribution in [0.4, 0.5) is 5.82 Å². The first-order valence-corrected chi connectivity index (χ1v) is 7.07. The van der Waals surface area contributed by atoms with Crippen LogP contribution in [0.5, 0.6) is 0 Å². The molecule has 1 aromatic carbocycles. The maximum Gasteiger partial charge on any atom is 0.274 e. The Bertz CT molecular complexity index is 569. The highest BCUT2D eigenvalue weighted by Gasteiger charge is 2.14. The summed E-state index contributed by atoms with van der Waals surface area (Å²) in [5, 5.41) is 11.1. The Kier molecular flexibility index (Phi) is 5.26. The summed E-state index contributed by atoms with van der Waals surface area (Å²) < 4.78 is 0. The summed E-state index contributed by atoms with van der Waals surface area (Å²) >= 11 is 0. The van der Waals surface area contributed by atoms with E-state index < -0.39 is 0 Å². The Morgan fingerprint density at radius 2 is 1.90 bits per heavy atom. The number of amides is 1. The van der Waals surface area contributed by atoms with Gasteiger partial charge in [-0.1, -0.05) is 37.3 Å². The molecule has 0 bridgehead atoms. The van der Waals surface area contributed by atoms with Crippen molar-refractivity contribution in [1.82, 2.24) is 15.1 Å². The van der Waals surface area contributed by atoms with Gasteiger partial charge in [0.1, 0.15) is 5.82 Å². The fourth-order valence-electron chi connectivity index (χ4n) is 1.92. The fraction of sp³-hybridized carbons (Fsp3) is 0.312. The van der Waals surface area contributed by atoms with E-state index >= 15 is 0 Å². The van der Waals surface area contributed by atoms with E-state index in [1.54, 1.807) is 24.1 Å². The number of rotatable bonds is 6. The average Bonchev–Trinajstić information content (AvgIpc) is 2.53. The van der Waals surface area contributed by atoms with Gasteiger partial charge in [-0.3, -0.25) is 4.79 Å². The molecule has 5 nitrogen and oxygen atoms in total. The first-order chi connectivity index (χ1) is 10.2. The van der Waals surface area contributed by atoms with Gasteiger partial charge in [0.25, 0.3) is 5.91 Å². The number of anilines is 1. The summed E-state index contributed by atoms with van der Waals surface area (Å²) in [5.41, 5.74) is 1.44. The first kappa shape index (κ1) is 15.0. The largest absolute Gasteiger partial charge is 0.369 e. The SMILES string of the molecule is CCCNc1ccc(C(=O)N(C)Cc2ccccc2)nn1. The number of nitrogens with one attached hydrogen (secondary N) is 1. The molecule has 0 atom stereocenters. The molecular weight excluding hydrogens is 264 g/mol. The van der Waals surface area contributed by atoms with Crippen LogP contribution in [0, 0.1) is 0 Å². The van der Waals surface area contributed by atoms with Crippen LogP contribution in [0.25, 0.3) is 0 Å². The third kappa shape index (κ3) is 4.27. The second-order valence-corrected chi connectivity index (χ2v) is 4.88. The van der Waals surface area contributed by atoms with Gasteiger partial charge in [-0.25, -0.2) is 0 Å². The van der Waals surface area contributed by atoms with Gasteiger partial charge in [0.2, 0.25) is 0 Å². The summed E-state index contributed by atoms with van der Waals surface area (Å²) in [6, 6.07) is 13.4. The number of aromatic nitrogens is 2. The van der Waals surface area contributed by atoms with Crippen LogP contribution in [-0.2, 0) is 6.54 Å². The van der Waals surface area contributed by atoms with E-state index in [1.165, 1.54) is 0 Å². The molecule has 0 aliphatic heterocycles. The Balaban J connectivity index is 1.98. The first-order valence-electron chi connectivity index (χ1n) is 7.07. The monoisotopic (exact) mass is 284 g/mol. The van der Waals surface area contributed by atoms with Crippen LogP contribution in [-0.4, -0.2) is 34.6 Å². The highest BCUT2D eigenvalue weighted by atomic mass is 16.2. The zero-order valence-corrected chi connectivity index (χ0v) is 12.4. The zero-order valence-electron chi connectivity index (χ0n) is 12.4. The molecule has 0 radical (unpaired) electrons. The molecular formula is C16H20N4O. The van der Waals surface area contributed by atoms with Crippen molar-refractivity contribution in [3.63, 3.8) is 0 Å². The van der Waals surface area contributed by atoms with Crippen LogP contribution in [0.3, 0.4) is 0 Å². The maximum atomic E-state index is 12.3. The van der Waals surface area contributed by atoms with E-state index in [0.717, 1.165) is 18.5 Å². The summed E-state index contributed by atoms with van der Waals surface area (Å²) in [5.74, 6) is 0.563. The lowest BCUT2D eigenvalue weighted by Gasteiger charge is -2.16. The summed E-state index contributed by atoms with van der Waals surface area (Å²) in [7, 11) is 1.76. The number of benzene rings is 1. The Morgan fingerprint density at radius 1 is 1.14 bits per heavy atom. The third-order valence-electron chi connectivity index (χ3n) is 3.05. The molecule has 0 saturated heterocycles. The molecule has 1 heterocycles. The maximum absolute atomic E-state index is 12.3. The van der Waals surface area contributed by atoms with Crippen molar-refractivity contribution >= 4 is 11.7 Å². The highest BCUT2D eigenvalue weighted by Crippen LogP contribution is 2.08.